The number of carbonyl (C=O) groups excluding carboxylic acids is 1. The number of benzene rings is 2. The standard InChI is InChI=1S/C15H13N3O5/c1-9-5-6-12(8-13(9)18(22)23)17-15(21)16-11-4-2-3-10(7-11)14(19)20/h2-8H,1H3,(H,19,20)(H2,16,17,21). The summed E-state index contributed by atoms with van der Waals surface area (Å²) < 4.78 is 0. The summed E-state index contributed by atoms with van der Waals surface area (Å²) in [5, 5.41) is 24.7. The molecule has 0 spiro atoms. The van der Waals surface area contributed by atoms with Crippen LogP contribution < -0.4 is 10.6 Å². The van der Waals surface area contributed by atoms with E-state index < -0.39 is 16.9 Å². The van der Waals surface area contributed by atoms with E-state index in [0.29, 0.717) is 11.3 Å². The number of carboxylic acids is 1. The fourth-order valence-corrected chi connectivity index (χ4v) is 1.91. The lowest BCUT2D eigenvalue weighted by Gasteiger charge is -2.08. The second-order valence-corrected chi connectivity index (χ2v) is 4.72. The van der Waals surface area contributed by atoms with Crippen LogP contribution in [0.15, 0.2) is 42.5 Å². The molecule has 0 aliphatic rings. The van der Waals surface area contributed by atoms with Crippen LogP contribution in [0.5, 0.6) is 0 Å². The van der Waals surface area contributed by atoms with E-state index in [1.54, 1.807) is 6.92 Å². The lowest BCUT2D eigenvalue weighted by molar-refractivity contribution is -0.385. The van der Waals surface area contributed by atoms with Crippen molar-refractivity contribution in [1.82, 2.24) is 0 Å². The van der Waals surface area contributed by atoms with Crippen LogP contribution >= 0.6 is 0 Å². The summed E-state index contributed by atoms with van der Waals surface area (Å²) in [4.78, 5) is 33.1. The maximum Gasteiger partial charge on any atom is 0.335 e. The molecule has 8 heteroatoms. The molecule has 23 heavy (non-hydrogen) atoms. The Balaban J connectivity index is 2.11. The van der Waals surface area contributed by atoms with Crippen LogP contribution in [0.4, 0.5) is 21.9 Å². The maximum absolute atomic E-state index is 11.9. The van der Waals surface area contributed by atoms with Crippen molar-refractivity contribution in [2.24, 2.45) is 0 Å². The van der Waals surface area contributed by atoms with Gasteiger partial charge in [0.2, 0.25) is 0 Å². The number of nitro groups is 1. The van der Waals surface area contributed by atoms with Crippen molar-refractivity contribution in [3.05, 3.63) is 63.7 Å². The summed E-state index contributed by atoms with van der Waals surface area (Å²) in [7, 11) is 0. The predicted octanol–water partition coefficient (Wildman–Crippen LogP) is 3.25. The highest BCUT2D eigenvalue weighted by Gasteiger charge is 2.12. The van der Waals surface area contributed by atoms with Gasteiger partial charge in [-0.3, -0.25) is 10.1 Å². The molecule has 8 nitrogen and oxygen atoms in total. The molecule has 0 radical (unpaired) electrons. The third-order valence-corrected chi connectivity index (χ3v) is 3.03. The van der Waals surface area contributed by atoms with Crippen molar-refractivity contribution in [1.29, 1.82) is 0 Å². The summed E-state index contributed by atoms with van der Waals surface area (Å²) >= 11 is 0. The zero-order valence-electron chi connectivity index (χ0n) is 12.1. The summed E-state index contributed by atoms with van der Waals surface area (Å²) in [6.45, 7) is 1.60. The van der Waals surface area contributed by atoms with Crippen LogP contribution in [0, 0.1) is 17.0 Å². The van der Waals surface area contributed by atoms with Crippen molar-refractivity contribution in [2.75, 3.05) is 10.6 Å². The van der Waals surface area contributed by atoms with Crippen molar-refractivity contribution in [3.63, 3.8) is 0 Å². The molecular formula is C15H13N3O5. The van der Waals surface area contributed by atoms with Crippen molar-refractivity contribution < 1.29 is 19.6 Å². The molecule has 0 aliphatic heterocycles. The molecule has 0 unspecified atom stereocenters. The number of anilines is 2. The van der Waals surface area contributed by atoms with E-state index in [1.807, 2.05) is 0 Å². The average Bonchev–Trinajstić information content (AvgIpc) is 2.49. The van der Waals surface area contributed by atoms with E-state index in [9.17, 15) is 19.7 Å². The Labute approximate surface area is 130 Å². The number of nitrogens with zero attached hydrogens (tertiary/aromatic N) is 1. The zero-order valence-corrected chi connectivity index (χ0v) is 12.1. The van der Waals surface area contributed by atoms with Gasteiger partial charge in [0.15, 0.2) is 0 Å². The van der Waals surface area contributed by atoms with Gasteiger partial charge in [0.25, 0.3) is 5.69 Å². The Hall–Kier alpha value is -3.42. The van der Waals surface area contributed by atoms with Crippen LogP contribution in [-0.2, 0) is 0 Å². The molecular weight excluding hydrogens is 302 g/mol. The second-order valence-electron chi connectivity index (χ2n) is 4.72. The maximum atomic E-state index is 11.9. The fourth-order valence-electron chi connectivity index (χ4n) is 1.91. The molecule has 0 aliphatic carbocycles. The Bertz CT molecular complexity index is 788. The summed E-state index contributed by atoms with van der Waals surface area (Å²) in [6.07, 6.45) is 0. The van der Waals surface area contributed by atoms with Gasteiger partial charge in [-0.2, -0.15) is 0 Å². The summed E-state index contributed by atoms with van der Waals surface area (Å²) in [5.74, 6) is -1.11. The Kier molecular flexibility index (Phi) is 4.55. The Morgan fingerprint density at radius 2 is 1.74 bits per heavy atom. The lowest BCUT2D eigenvalue weighted by atomic mass is 10.2. The van der Waals surface area contributed by atoms with E-state index in [4.69, 9.17) is 5.11 Å². The van der Waals surface area contributed by atoms with E-state index in [2.05, 4.69) is 10.6 Å². The quantitative estimate of drug-likeness (QED) is 0.590. The number of amides is 2. The van der Waals surface area contributed by atoms with Gasteiger partial charge in [-0.15, -0.1) is 0 Å². The predicted molar refractivity (Wildman–Crippen MR) is 83.9 cm³/mol. The van der Waals surface area contributed by atoms with Gasteiger partial charge in [-0.1, -0.05) is 12.1 Å². The molecule has 2 aromatic carbocycles. The number of hydrogen-bond donors (Lipinski definition) is 3. The van der Waals surface area contributed by atoms with Crippen LogP contribution in [-0.4, -0.2) is 22.0 Å². The summed E-state index contributed by atoms with van der Waals surface area (Å²) in [5.41, 5.74) is 0.970. The molecule has 0 saturated carbocycles. The number of nitro benzene ring substituents is 1. The minimum absolute atomic E-state index is 0.0359. The van der Waals surface area contributed by atoms with Gasteiger partial charge in [-0.25, -0.2) is 9.59 Å². The highest BCUT2D eigenvalue weighted by atomic mass is 16.6. The van der Waals surface area contributed by atoms with E-state index >= 15 is 0 Å². The minimum atomic E-state index is -1.11. The van der Waals surface area contributed by atoms with Crippen LogP contribution in [0.1, 0.15) is 15.9 Å². The largest absolute Gasteiger partial charge is 0.478 e. The Morgan fingerprint density at radius 1 is 1.09 bits per heavy atom. The number of aryl methyl sites for hydroxylation is 1. The van der Waals surface area contributed by atoms with Crippen LogP contribution in [0.2, 0.25) is 0 Å². The molecule has 0 aromatic heterocycles. The van der Waals surface area contributed by atoms with Crippen molar-refractivity contribution in [3.8, 4) is 0 Å². The number of rotatable bonds is 4. The topological polar surface area (TPSA) is 122 Å². The van der Waals surface area contributed by atoms with Gasteiger partial charge in [-0.05, 0) is 31.2 Å². The number of hydrogen-bond acceptors (Lipinski definition) is 4. The summed E-state index contributed by atoms with van der Waals surface area (Å²) in [6, 6.07) is 9.41. The van der Waals surface area contributed by atoms with Gasteiger partial charge in [0, 0.05) is 23.0 Å². The normalized spacial score (nSPS) is 9.96. The molecule has 2 amide bonds. The van der Waals surface area contributed by atoms with Gasteiger partial charge in [0.05, 0.1) is 10.5 Å². The smallest absolute Gasteiger partial charge is 0.335 e. The molecule has 0 fully saturated rings. The van der Waals surface area contributed by atoms with Gasteiger partial charge in [0.1, 0.15) is 0 Å². The number of carbonyl (C=O) groups is 2. The first-order valence-electron chi connectivity index (χ1n) is 6.53. The monoisotopic (exact) mass is 315 g/mol. The first kappa shape index (κ1) is 16.0. The molecule has 2 rings (SSSR count). The molecule has 0 atom stereocenters. The third kappa shape index (κ3) is 4.03. The first-order valence-corrected chi connectivity index (χ1v) is 6.53. The Morgan fingerprint density at radius 3 is 2.35 bits per heavy atom. The molecule has 2 aromatic rings. The van der Waals surface area contributed by atoms with Crippen molar-refractivity contribution >= 4 is 29.1 Å². The lowest BCUT2D eigenvalue weighted by Crippen LogP contribution is -2.19. The average molecular weight is 315 g/mol. The van der Waals surface area contributed by atoms with Crippen molar-refractivity contribution in [2.45, 2.75) is 6.92 Å². The van der Waals surface area contributed by atoms with Crippen LogP contribution in [0.3, 0.4) is 0 Å². The van der Waals surface area contributed by atoms with E-state index in [1.165, 1.54) is 42.5 Å². The SMILES string of the molecule is Cc1ccc(NC(=O)Nc2cccc(C(=O)O)c2)cc1[N+](=O)[O-]. The van der Waals surface area contributed by atoms with Gasteiger partial charge < -0.3 is 15.7 Å². The number of urea groups is 1. The van der Waals surface area contributed by atoms with E-state index in [-0.39, 0.29) is 16.9 Å². The fraction of sp³-hybridized carbons (Fsp3) is 0.0667. The molecule has 0 bridgehead atoms. The third-order valence-electron chi connectivity index (χ3n) is 3.03. The molecule has 3 N–H and O–H groups in total. The van der Waals surface area contributed by atoms with Gasteiger partial charge >= 0.3 is 12.0 Å². The highest BCUT2D eigenvalue weighted by Crippen LogP contribution is 2.22. The van der Waals surface area contributed by atoms with Crippen LogP contribution in [0.25, 0.3) is 0 Å². The molecule has 0 heterocycles. The number of aromatic carboxylic acids is 1. The van der Waals surface area contributed by atoms with E-state index in [0.717, 1.165) is 0 Å². The highest BCUT2D eigenvalue weighted by molar-refractivity contribution is 6.00. The zero-order chi connectivity index (χ0) is 17.0. The first-order chi connectivity index (χ1) is 10.9. The minimum Gasteiger partial charge on any atom is -0.478 e. The number of nitrogens with one attached hydrogen (secondary N) is 2. The molecule has 0 saturated heterocycles. The number of carboxylic acid groups (broad SMARTS) is 1. The second kappa shape index (κ2) is 6.56. The molecule has 118 valence electrons.